The molecule has 4 nitrogen and oxygen atoms in total. The van der Waals surface area contributed by atoms with Crippen LogP contribution in [0.2, 0.25) is 5.02 Å². The first-order chi connectivity index (χ1) is 9.95. The van der Waals surface area contributed by atoms with Crippen LogP contribution in [0.5, 0.6) is 11.5 Å². The molecule has 0 heterocycles. The lowest BCUT2D eigenvalue weighted by Gasteiger charge is -2.17. The molecule has 0 unspecified atom stereocenters. The summed E-state index contributed by atoms with van der Waals surface area (Å²) in [7, 11) is 1.60. The molecule has 2 aromatic rings. The van der Waals surface area contributed by atoms with Gasteiger partial charge in [-0.05, 0) is 42.5 Å². The highest BCUT2D eigenvalue weighted by molar-refractivity contribution is 9.10. The number of phenolic OH excluding ortho intramolecular Hbond substituents is 1. The number of amides is 1. The van der Waals surface area contributed by atoms with Crippen molar-refractivity contribution >= 4 is 33.6 Å². The summed E-state index contributed by atoms with van der Waals surface area (Å²) in [5.74, 6) is 0.541. The second-order valence-corrected chi connectivity index (χ2v) is 5.80. The number of benzene rings is 2. The number of ether oxygens (including phenoxy) is 1. The molecule has 0 atom stereocenters. The first-order valence-electron chi connectivity index (χ1n) is 6.11. The summed E-state index contributed by atoms with van der Waals surface area (Å²) in [6, 6.07) is 11.6. The normalized spacial score (nSPS) is 10.2. The molecule has 0 aliphatic heterocycles. The van der Waals surface area contributed by atoms with Crippen LogP contribution in [0.25, 0.3) is 0 Å². The van der Waals surface area contributed by atoms with E-state index in [-0.39, 0.29) is 12.3 Å². The quantitative estimate of drug-likeness (QED) is 0.869. The number of phenols is 1. The summed E-state index contributed by atoms with van der Waals surface area (Å²) in [6.07, 6.45) is -0.517. The predicted molar refractivity (Wildman–Crippen MR) is 84.7 cm³/mol. The van der Waals surface area contributed by atoms with Gasteiger partial charge in [0.25, 0.3) is 0 Å². The topological polar surface area (TPSA) is 49.8 Å². The second kappa shape index (κ2) is 6.83. The molecule has 0 aliphatic carbocycles. The zero-order chi connectivity index (χ0) is 15.4. The maximum atomic E-state index is 12.0. The van der Waals surface area contributed by atoms with Gasteiger partial charge < -0.3 is 14.7 Å². The highest BCUT2D eigenvalue weighted by Crippen LogP contribution is 2.23. The zero-order valence-corrected chi connectivity index (χ0v) is 13.6. The van der Waals surface area contributed by atoms with Crippen LogP contribution in [-0.4, -0.2) is 23.1 Å². The fourth-order valence-electron chi connectivity index (χ4n) is 1.68. The van der Waals surface area contributed by atoms with Crippen LogP contribution in [0.3, 0.4) is 0 Å². The maximum absolute atomic E-state index is 12.0. The Morgan fingerprint density at radius 3 is 2.62 bits per heavy atom. The molecule has 0 aromatic heterocycles. The summed E-state index contributed by atoms with van der Waals surface area (Å²) in [6.45, 7) is 0.234. The van der Waals surface area contributed by atoms with E-state index in [1.807, 2.05) is 0 Å². The molecule has 0 saturated carbocycles. The predicted octanol–water partition coefficient (Wildman–Crippen LogP) is 4.44. The molecule has 0 saturated heterocycles. The van der Waals surface area contributed by atoms with E-state index >= 15 is 0 Å². The zero-order valence-electron chi connectivity index (χ0n) is 11.2. The molecular weight excluding hydrogens is 358 g/mol. The van der Waals surface area contributed by atoms with Crippen molar-refractivity contribution in [1.82, 2.24) is 4.90 Å². The van der Waals surface area contributed by atoms with Gasteiger partial charge in [0.2, 0.25) is 0 Å². The lowest BCUT2D eigenvalue weighted by molar-refractivity contribution is 0.160. The van der Waals surface area contributed by atoms with Crippen LogP contribution in [0.15, 0.2) is 46.9 Å². The largest absolute Gasteiger partial charge is 0.508 e. The first-order valence-corrected chi connectivity index (χ1v) is 7.28. The minimum absolute atomic E-state index is 0.129. The fraction of sp³-hybridized carbons (Fsp3) is 0.133. The summed E-state index contributed by atoms with van der Waals surface area (Å²) in [4.78, 5) is 13.3. The smallest absolute Gasteiger partial charge is 0.415 e. The third-order valence-electron chi connectivity index (χ3n) is 2.78. The van der Waals surface area contributed by atoms with Gasteiger partial charge in [-0.15, -0.1) is 0 Å². The van der Waals surface area contributed by atoms with Gasteiger partial charge in [-0.25, -0.2) is 4.79 Å². The molecule has 1 N–H and O–H groups in total. The maximum Gasteiger partial charge on any atom is 0.415 e. The van der Waals surface area contributed by atoms with Gasteiger partial charge in [-0.3, -0.25) is 0 Å². The van der Waals surface area contributed by atoms with Crippen molar-refractivity contribution in [3.05, 3.63) is 57.5 Å². The van der Waals surface area contributed by atoms with Gasteiger partial charge in [0.15, 0.2) is 0 Å². The highest BCUT2D eigenvalue weighted by atomic mass is 79.9. The van der Waals surface area contributed by atoms with Crippen molar-refractivity contribution < 1.29 is 14.6 Å². The number of nitrogens with zero attached hydrogens (tertiary/aromatic N) is 1. The number of carbonyl (C=O) groups excluding carboxylic acids is 1. The van der Waals surface area contributed by atoms with E-state index in [1.165, 1.54) is 4.90 Å². The number of aromatic hydroxyl groups is 1. The molecule has 21 heavy (non-hydrogen) atoms. The summed E-state index contributed by atoms with van der Waals surface area (Å²) < 4.78 is 6.04. The second-order valence-electron chi connectivity index (χ2n) is 4.45. The van der Waals surface area contributed by atoms with Crippen molar-refractivity contribution in [2.24, 2.45) is 0 Å². The van der Waals surface area contributed by atoms with Crippen LogP contribution in [0.4, 0.5) is 4.79 Å². The van der Waals surface area contributed by atoms with Crippen LogP contribution in [-0.2, 0) is 6.54 Å². The minimum atomic E-state index is -0.517. The average molecular weight is 371 g/mol. The lowest BCUT2D eigenvalue weighted by atomic mass is 10.2. The highest BCUT2D eigenvalue weighted by Gasteiger charge is 2.14. The van der Waals surface area contributed by atoms with Gasteiger partial charge in [-0.1, -0.05) is 27.5 Å². The Kier molecular flexibility index (Phi) is 5.09. The molecule has 6 heteroatoms. The summed E-state index contributed by atoms with van der Waals surface area (Å²) >= 11 is 9.09. The van der Waals surface area contributed by atoms with Crippen LogP contribution < -0.4 is 4.74 Å². The molecule has 0 bridgehead atoms. The molecule has 0 fully saturated rings. The van der Waals surface area contributed by atoms with Crippen molar-refractivity contribution in [1.29, 1.82) is 0 Å². The molecule has 0 radical (unpaired) electrons. The average Bonchev–Trinajstić information content (AvgIpc) is 2.45. The van der Waals surface area contributed by atoms with Crippen molar-refractivity contribution in [2.45, 2.75) is 6.54 Å². The van der Waals surface area contributed by atoms with Gasteiger partial charge in [0.05, 0.1) is 6.54 Å². The molecular formula is C15H13BrClNO3. The van der Waals surface area contributed by atoms with E-state index in [9.17, 15) is 9.90 Å². The summed E-state index contributed by atoms with van der Waals surface area (Å²) in [5, 5.41) is 10.3. The Hall–Kier alpha value is -1.72. The van der Waals surface area contributed by atoms with Crippen molar-refractivity contribution in [3.63, 3.8) is 0 Å². The number of hydrogen-bond acceptors (Lipinski definition) is 3. The van der Waals surface area contributed by atoms with E-state index in [2.05, 4.69) is 15.9 Å². The minimum Gasteiger partial charge on any atom is -0.508 e. The molecule has 2 rings (SSSR count). The number of halogens is 2. The molecule has 0 spiro atoms. The SMILES string of the molecule is CN(Cc1cc(Br)ccc1O)C(=O)Oc1ccc(Cl)cc1. The molecule has 2 aromatic carbocycles. The van der Waals surface area contributed by atoms with Crippen molar-refractivity contribution in [2.75, 3.05) is 7.05 Å². The fourth-order valence-corrected chi connectivity index (χ4v) is 2.22. The van der Waals surface area contributed by atoms with E-state index in [0.29, 0.717) is 16.3 Å². The first kappa shape index (κ1) is 15.7. The monoisotopic (exact) mass is 369 g/mol. The van der Waals surface area contributed by atoms with E-state index in [0.717, 1.165) is 4.47 Å². The van der Waals surface area contributed by atoms with E-state index in [4.69, 9.17) is 16.3 Å². The van der Waals surface area contributed by atoms with Crippen LogP contribution >= 0.6 is 27.5 Å². The Morgan fingerprint density at radius 1 is 1.29 bits per heavy atom. The summed E-state index contributed by atoms with van der Waals surface area (Å²) in [5.41, 5.74) is 0.625. The number of hydrogen-bond donors (Lipinski definition) is 1. The van der Waals surface area contributed by atoms with E-state index < -0.39 is 6.09 Å². The lowest BCUT2D eigenvalue weighted by Crippen LogP contribution is -2.29. The Morgan fingerprint density at radius 2 is 1.95 bits per heavy atom. The Bertz CT molecular complexity index is 646. The Labute approximate surface area is 136 Å². The number of carbonyl (C=O) groups is 1. The van der Waals surface area contributed by atoms with Crippen molar-refractivity contribution in [3.8, 4) is 11.5 Å². The standard InChI is InChI=1S/C15H13BrClNO3/c1-18(9-10-8-11(16)2-7-14(10)19)15(20)21-13-5-3-12(17)4-6-13/h2-8,19H,9H2,1H3. The Balaban J connectivity index is 2.02. The van der Waals surface area contributed by atoms with Gasteiger partial charge >= 0.3 is 6.09 Å². The van der Waals surface area contributed by atoms with E-state index in [1.54, 1.807) is 49.5 Å². The third-order valence-corrected chi connectivity index (χ3v) is 3.52. The van der Waals surface area contributed by atoms with Gasteiger partial charge in [-0.2, -0.15) is 0 Å². The molecule has 0 aliphatic rings. The third kappa shape index (κ3) is 4.37. The van der Waals surface area contributed by atoms with Gasteiger partial charge in [0, 0.05) is 22.1 Å². The molecule has 1 amide bonds. The number of rotatable bonds is 3. The van der Waals surface area contributed by atoms with Gasteiger partial charge in [0.1, 0.15) is 11.5 Å². The van der Waals surface area contributed by atoms with Crippen LogP contribution in [0.1, 0.15) is 5.56 Å². The molecule has 110 valence electrons. The van der Waals surface area contributed by atoms with Crippen LogP contribution in [0, 0.1) is 0 Å².